The second-order valence-corrected chi connectivity index (χ2v) is 14.2. The molecule has 5 aromatic heterocycles. The van der Waals surface area contributed by atoms with Crippen LogP contribution in [0.1, 0.15) is 23.7 Å². The minimum Gasteiger partial charge on any atom is -0.294 e. The van der Waals surface area contributed by atoms with Crippen molar-refractivity contribution < 1.29 is 0 Å². The van der Waals surface area contributed by atoms with Crippen LogP contribution in [0.15, 0.2) is 193 Å². The number of hydrogen-bond acceptors (Lipinski definition) is 4. The molecule has 264 valence electrons. The third-order valence-electron chi connectivity index (χ3n) is 10.9. The molecule has 0 amide bonds. The molecule has 6 nitrogen and oxygen atoms in total. The van der Waals surface area contributed by atoms with Crippen molar-refractivity contribution in [2.45, 2.75) is 12.5 Å². The molecule has 6 heterocycles. The number of nitrogens with zero attached hydrogens (tertiary/aromatic N) is 6. The van der Waals surface area contributed by atoms with E-state index in [0.29, 0.717) is 0 Å². The van der Waals surface area contributed by atoms with Gasteiger partial charge >= 0.3 is 0 Å². The molecule has 10 aromatic rings. The molecule has 56 heavy (non-hydrogen) atoms. The summed E-state index contributed by atoms with van der Waals surface area (Å²) in [6.07, 6.45) is 5.19. The number of rotatable bonds is 6. The zero-order valence-electron chi connectivity index (χ0n) is 30.4. The molecule has 1 atom stereocenters. The molecule has 0 bridgehead atoms. The fourth-order valence-electron chi connectivity index (χ4n) is 8.26. The van der Waals surface area contributed by atoms with Crippen molar-refractivity contribution in [1.29, 1.82) is 0 Å². The highest BCUT2D eigenvalue weighted by atomic mass is 15.1. The van der Waals surface area contributed by atoms with Crippen LogP contribution in [0, 0.1) is 0 Å². The molecule has 5 aromatic carbocycles. The maximum atomic E-state index is 5.30. The van der Waals surface area contributed by atoms with Gasteiger partial charge in [-0.15, -0.1) is 0 Å². The van der Waals surface area contributed by atoms with Gasteiger partial charge in [0, 0.05) is 27.1 Å². The number of para-hydroxylation sites is 2. The van der Waals surface area contributed by atoms with Crippen LogP contribution in [-0.2, 0) is 0 Å². The summed E-state index contributed by atoms with van der Waals surface area (Å²) < 4.78 is 4.58. The summed E-state index contributed by atoms with van der Waals surface area (Å²) in [6, 6.07) is 61.3. The Morgan fingerprint density at radius 3 is 1.62 bits per heavy atom. The summed E-state index contributed by atoms with van der Waals surface area (Å²) in [5.41, 5.74) is 10.9. The monoisotopic (exact) mass is 718 g/mol. The maximum Gasteiger partial charge on any atom is 0.138 e. The average Bonchev–Trinajstić information content (AvgIpc) is 3.78. The van der Waals surface area contributed by atoms with Crippen molar-refractivity contribution in [2.75, 3.05) is 0 Å². The van der Waals surface area contributed by atoms with Gasteiger partial charge in [0.1, 0.15) is 11.6 Å². The first-order chi connectivity index (χ1) is 27.8. The van der Waals surface area contributed by atoms with E-state index >= 15 is 0 Å². The van der Waals surface area contributed by atoms with E-state index in [-0.39, 0.29) is 6.04 Å². The molecule has 0 N–H and O–H groups in total. The van der Waals surface area contributed by atoms with E-state index < -0.39 is 0 Å². The Hall–Kier alpha value is -7.44. The highest BCUT2D eigenvalue weighted by Gasteiger charge is 2.21. The lowest BCUT2D eigenvalue weighted by Crippen LogP contribution is -2.10. The van der Waals surface area contributed by atoms with Crippen molar-refractivity contribution in [3.05, 3.63) is 199 Å². The minimum absolute atomic E-state index is 0.0702. The van der Waals surface area contributed by atoms with Gasteiger partial charge in [0.05, 0.1) is 56.6 Å². The van der Waals surface area contributed by atoms with Crippen molar-refractivity contribution >= 4 is 49.3 Å². The first kappa shape index (κ1) is 32.0. The topological polar surface area (TPSA) is 60.9 Å². The van der Waals surface area contributed by atoms with Gasteiger partial charge in [-0.25, -0.2) is 15.0 Å². The number of hydrogen-bond donors (Lipinski definition) is 0. The Balaban J connectivity index is 1.09. The average molecular weight is 719 g/mol. The lowest BCUT2D eigenvalue weighted by atomic mass is 10.0. The number of benzene rings is 5. The van der Waals surface area contributed by atoms with Gasteiger partial charge in [-0.2, -0.15) is 0 Å². The van der Waals surface area contributed by atoms with Gasteiger partial charge in [0.2, 0.25) is 0 Å². The zero-order chi connectivity index (χ0) is 37.0. The molecule has 0 radical (unpaired) electrons. The number of fused-ring (bicyclic) bond motifs is 6. The van der Waals surface area contributed by atoms with Crippen molar-refractivity contribution in [3.8, 4) is 34.3 Å². The zero-order valence-corrected chi connectivity index (χ0v) is 30.4. The maximum absolute atomic E-state index is 5.30. The molecule has 11 rings (SSSR count). The van der Waals surface area contributed by atoms with E-state index in [2.05, 4.69) is 155 Å². The number of dihydropyridines is 1. The molecular weight excluding hydrogens is 685 g/mol. The van der Waals surface area contributed by atoms with Gasteiger partial charge in [-0.3, -0.25) is 14.1 Å². The Bertz CT molecular complexity index is 3170. The molecule has 6 heteroatoms. The van der Waals surface area contributed by atoms with E-state index in [1.54, 1.807) is 0 Å². The fourth-order valence-corrected chi connectivity index (χ4v) is 8.26. The summed E-state index contributed by atoms with van der Waals surface area (Å²) in [6.45, 7) is 0. The van der Waals surface area contributed by atoms with Crippen molar-refractivity contribution in [3.63, 3.8) is 0 Å². The van der Waals surface area contributed by atoms with Crippen LogP contribution in [0.3, 0.4) is 0 Å². The quantitative estimate of drug-likeness (QED) is 0.172. The van der Waals surface area contributed by atoms with E-state index in [4.69, 9.17) is 19.9 Å². The Labute approximate surface area is 323 Å². The van der Waals surface area contributed by atoms with E-state index in [1.807, 2.05) is 42.5 Å². The van der Waals surface area contributed by atoms with Gasteiger partial charge in [-0.1, -0.05) is 121 Å². The summed E-state index contributed by atoms with van der Waals surface area (Å²) in [5.74, 6) is 1.68. The molecular formula is C50H34N6. The second-order valence-electron chi connectivity index (χ2n) is 14.2. The lowest BCUT2D eigenvalue weighted by molar-refractivity contribution is 0.736. The summed E-state index contributed by atoms with van der Waals surface area (Å²) >= 11 is 0. The molecule has 1 unspecified atom stereocenters. The van der Waals surface area contributed by atoms with Crippen LogP contribution in [0.4, 0.5) is 0 Å². The van der Waals surface area contributed by atoms with Gasteiger partial charge in [0.25, 0.3) is 0 Å². The van der Waals surface area contributed by atoms with E-state index in [9.17, 15) is 0 Å². The highest BCUT2D eigenvalue weighted by Crippen LogP contribution is 2.39. The first-order valence-corrected chi connectivity index (χ1v) is 19.0. The third-order valence-corrected chi connectivity index (χ3v) is 10.9. The van der Waals surface area contributed by atoms with Gasteiger partial charge < -0.3 is 0 Å². The molecule has 0 saturated carbocycles. The molecule has 0 aliphatic carbocycles. The van der Waals surface area contributed by atoms with Crippen molar-refractivity contribution in [2.24, 2.45) is 4.99 Å². The van der Waals surface area contributed by atoms with Crippen LogP contribution < -0.4 is 0 Å². The van der Waals surface area contributed by atoms with Crippen LogP contribution in [-0.4, -0.2) is 29.8 Å². The fraction of sp³-hybridized carbons (Fsp3) is 0.0400. The Morgan fingerprint density at radius 1 is 0.411 bits per heavy atom. The standard InChI is InChI=1S/C50H34N6/c1-3-15-33(16-4-1)39-21-11-23-41(51-39)43-25-13-29-49(53-43)55-45-27-9-7-19-35(45)37-31-38-36-20-8-10-28-46(36)56(48(38)32-47(37)55)50-30-14-26-44(54-50)42-24-12-22-40(52-42)34-17-5-2-6-18-34/h1-21,23-32,40H,22H2. The Kier molecular flexibility index (Phi) is 7.52. The molecule has 0 fully saturated rings. The normalized spacial score (nSPS) is 14.2. The van der Waals surface area contributed by atoms with Crippen LogP contribution in [0.25, 0.3) is 77.9 Å². The predicted molar refractivity (Wildman–Crippen MR) is 229 cm³/mol. The third kappa shape index (κ3) is 5.34. The lowest BCUT2D eigenvalue weighted by Gasteiger charge is -2.17. The summed E-state index contributed by atoms with van der Waals surface area (Å²) in [7, 11) is 0. The van der Waals surface area contributed by atoms with Crippen LogP contribution in [0.5, 0.6) is 0 Å². The number of allylic oxidation sites excluding steroid dienone is 1. The summed E-state index contributed by atoms with van der Waals surface area (Å²) in [5, 5.41) is 4.69. The van der Waals surface area contributed by atoms with Gasteiger partial charge in [-0.05, 0) is 78.7 Å². The number of aliphatic imine (C=N–C) groups is 1. The summed E-state index contributed by atoms with van der Waals surface area (Å²) in [4.78, 5) is 20.8. The molecule has 0 spiro atoms. The first-order valence-electron chi connectivity index (χ1n) is 19.0. The van der Waals surface area contributed by atoms with Gasteiger partial charge in [0.15, 0.2) is 0 Å². The largest absolute Gasteiger partial charge is 0.294 e. The second kappa shape index (κ2) is 13.1. The van der Waals surface area contributed by atoms with Crippen LogP contribution >= 0.6 is 0 Å². The predicted octanol–water partition coefficient (Wildman–Crippen LogP) is 11.9. The molecule has 1 aliphatic heterocycles. The van der Waals surface area contributed by atoms with Crippen molar-refractivity contribution in [1.82, 2.24) is 24.1 Å². The SMILES string of the molecule is C1=CC(c2cccc(-n3c4ccccc4c4cc5c6ccccc6n(-c6cccc(-c7cccc(-c8ccccc8)n7)n6)c5cc43)n2)=NC(c2ccccc2)C1. The number of aromatic nitrogens is 5. The Morgan fingerprint density at radius 2 is 0.946 bits per heavy atom. The molecule has 1 aliphatic rings. The number of pyridine rings is 3. The molecule has 0 saturated heterocycles. The van der Waals surface area contributed by atoms with E-state index in [1.165, 1.54) is 27.1 Å². The van der Waals surface area contributed by atoms with Crippen LogP contribution in [0.2, 0.25) is 0 Å². The van der Waals surface area contributed by atoms with E-state index in [0.717, 1.165) is 74.2 Å². The smallest absolute Gasteiger partial charge is 0.138 e. The minimum atomic E-state index is 0.0702. The highest BCUT2D eigenvalue weighted by molar-refractivity contribution is 6.19.